The highest BCUT2D eigenvalue weighted by atomic mass is 15.2. The monoisotopic (exact) mass is 280 g/mol. The van der Waals surface area contributed by atoms with E-state index >= 15 is 0 Å². The summed E-state index contributed by atoms with van der Waals surface area (Å²) in [6, 6.07) is 0. The molecule has 0 bridgehead atoms. The summed E-state index contributed by atoms with van der Waals surface area (Å²) in [5.41, 5.74) is 2.54. The molecule has 0 radical (unpaired) electrons. The molecule has 0 saturated carbocycles. The molecular formula is C16H32N4. The molecule has 0 aromatic rings. The van der Waals surface area contributed by atoms with Crippen LogP contribution in [0.25, 0.3) is 0 Å². The molecule has 2 aliphatic heterocycles. The van der Waals surface area contributed by atoms with Crippen LogP contribution >= 0.6 is 0 Å². The van der Waals surface area contributed by atoms with Gasteiger partial charge in [-0.05, 0) is 17.4 Å². The summed E-state index contributed by atoms with van der Waals surface area (Å²) in [4.78, 5) is 0. The van der Waals surface area contributed by atoms with Crippen LogP contribution in [0.4, 0.5) is 0 Å². The highest BCUT2D eigenvalue weighted by Crippen LogP contribution is 2.13. The molecule has 0 aliphatic carbocycles. The first kappa shape index (κ1) is 21.0. The van der Waals surface area contributed by atoms with Crippen LogP contribution in [0.5, 0.6) is 0 Å². The Labute approximate surface area is 125 Å². The van der Waals surface area contributed by atoms with Gasteiger partial charge in [0, 0.05) is 18.3 Å². The molecule has 4 heteroatoms. The van der Waals surface area contributed by atoms with Crippen molar-refractivity contribution in [2.45, 2.75) is 61.8 Å². The number of rotatable bonds is 2. The second-order valence-electron chi connectivity index (χ2n) is 4.52. The molecule has 20 heavy (non-hydrogen) atoms. The first-order valence-corrected chi connectivity index (χ1v) is 7.75. The Morgan fingerprint density at radius 1 is 0.950 bits per heavy atom. The number of hydrogen-bond acceptors (Lipinski definition) is 4. The maximum Gasteiger partial charge on any atom is 0.0834 e. The van der Waals surface area contributed by atoms with E-state index in [-0.39, 0.29) is 0 Å². The standard InChI is InChI=1S/2C6H10N2.2C2H6/c1-5(2)6-3-7-8-4-6;1-5(2)6-3-4-7-8-6;2*1-2/h3,5H,4H2,1-2H3;4-5H,3H2,1-2H3;2*1-2H3. The van der Waals surface area contributed by atoms with E-state index in [1.807, 2.05) is 40.1 Å². The minimum absolute atomic E-state index is 0.567. The molecule has 0 spiro atoms. The van der Waals surface area contributed by atoms with Crippen LogP contribution in [0.1, 0.15) is 61.8 Å². The fourth-order valence-electron chi connectivity index (χ4n) is 1.25. The van der Waals surface area contributed by atoms with Gasteiger partial charge >= 0.3 is 0 Å². The largest absolute Gasteiger partial charge is 0.185 e. The van der Waals surface area contributed by atoms with Gasteiger partial charge in [0.25, 0.3) is 0 Å². The maximum atomic E-state index is 3.92. The zero-order chi connectivity index (χ0) is 16.0. The van der Waals surface area contributed by atoms with Gasteiger partial charge in [-0.3, -0.25) is 0 Å². The molecule has 2 rings (SSSR count). The van der Waals surface area contributed by atoms with Gasteiger partial charge in [0.05, 0.1) is 12.7 Å². The van der Waals surface area contributed by atoms with E-state index in [0.717, 1.165) is 13.0 Å². The van der Waals surface area contributed by atoms with Crippen molar-refractivity contribution >= 4 is 11.9 Å². The smallest absolute Gasteiger partial charge is 0.0834 e. The molecule has 0 unspecified atom stereocenters. The van der Waals surface area contributed by atoms with Crippen molar-refractivity contribution in [3.05, 3.63) is 11.8 Å². The van der Waals surface area contributed by atoms with Gasteiger partial charge in [-0.25, -0.2) is 0 Å². The molecule has 116 valence electrons. The summed E-state index contributed by atoms with van der Waals surface area (Å²) < 4.78 is 0. The van der Waals surface area contributed by atoms with Crippen LogP contribution in [-0.4, -0.2) is 18.5 Å². The highest BCUT2D eigenvalue weighted by molar-refractivity contribution is 5.99. The van der Waals surface area contributed by atoms with Crippen molar-refractivity contribution in [3.8, 4) is 0 Å². The maximum absolute atomic E-state index is 3.92. The van der Waals surface area contributed by atoms with Crippen LogP contribution in [0.15, 0.2) is 32.2 Å². The Kier molecular flexibility index (Phi) is 14.8. The third-order valence-electron chi connectivity index (χ3n) is 2.53. The summed E-state index contributed by atoms with van der Waals surface area (Å²) in [5.74, 6) is 1.18. The second-order valence-corrected chi connectivity index (χ2v) is 4.52. The summed E-state index contributed by atoms with van der Waals surface area (Å²) in [6.45, 7) is 17.4. The minimum atomic E-state index is 0.567. The molecule has 0 atom stereocenters. The average Bonchev–Trinajstić information content (AvgIpc) is 3.17. The first-order valence-electron chi connectivity index (χ1n) is 7.75. The topological polar surface area (TPSA) is 49.4 Å². The molecule has 0 amide bonds. The quantitative estimate of drug-likeness (QED) is 0.639. The van der Waals surface area contributed by atoms with Gasteiger partial charge in [0.1, 0.15) is 0 Å². The van der Waals surface area contributed by atoms with E-state index in [1.165, 1.54) is 11.3 Å². The zero-order valence-corrected chi connectivity index (χ0v) is 14.5. The lowest BCUT2D eigenvalue weighted by Gasteiger charge is -1.99. The Bertz CT molecular complexity index is 302. The van der Waals surface area contributed by atoms with Gasteiger partial charge in [0.15, 0.2) is 0 Å². The lowest BCUT2D eigenvalue weighted by atomic mass is 10.1. The molecule has 0 saturated heterocycles. The minimum Gasteiger partial charge on any atom is -0.185 e. The number of hydrogen-bond donors (Lipinski definition) is 0. The normalized spacial score (nSPS) is 14.7. The molecule has 0 N–H and O–H groups in total. The number of nitrogens with zero attached hydrogens (tertiary/aromatic N) is 4. The summed E-state index contributed by atoms with van der Waals surface area (Å²) >= 11 is 0. The fraction of sp³-hybridized carbons (Fsp3) is 0.750. The zero-order valence-electron chi connectivity index (χ0n) is 14.5. The van der Waals surface area contributed by atoms with Crippen molar-refractivity contribution in [2.75, 3.05) is 6.54 Å². The van der Waals surface area contributed by atoms with Gasteiger partial charge in [-0.15, -0.1) is 0 Å². The summed E-state index contributed by atoms with van der Waals surface area (Å²) in [7, 11) is 0. The van der Waals surface area contributed by atoms with Crippen LogP contribution in [-0.2, 0) is 0 Å². The molecule has 4 nitrogen and oxygen atoms in total. The average molecular weight is 280 g/mol. The van der Waals surface area contributed by atoms with Gasteiger partial charge in [-0.1, -0.05) is 55.4 Å². The Balaban J connectivity index is 0. The van der Waals surface area contributed by atoms with Crippen LogP contribution in [0.3, 0.4) is 0 Å². The predicted molar refractivity (Wildman–Crippen MR) is 90.7 cm³/mol. The third-order valence-corrected chi connectivity index (χ3v) is 2.53. The molecular weight excluding hydrogens is 248 g/mol. The second kappa shape index (κ2) is 14.1. The van der Waals surface area contributed by atoms with Crippen molar-refractivity contribution in [1.82, 2.24) is 0 Å². The number of azo groups is 1. The lowest BCUT2D eigenvalue weighted by Crippen LogP contribution is -2.03. The third kappa shape index (κ3) is 9.59. The van der Waals surface area contributed by atoms with Crippen LogP contribution < -0.4 is 0 Å². The molecule has 2 aliphatic rings. The Morgan fingerprint density at radius 3 is 1.75 bits per heavy atom. The Morgan fingerprint density at radius 2 is 1.55 bits per heavy atom. The van der Waals surface area contributed by atoms with Crippen molar-refractivity contribution in [1.29, 1.82) is 0 Å². The van der Waals surface area contributed by atoms with E-state index < -0.39 is 0 Å². The summed E-state index contributed by atoms with van der Waals surface area (Å²) in [5, 5.41) is 15.2. The Hall–Kier alpha value is -1.32. The van der Waals surface area contributed by atoms with Crippen LogP contribution in [0.2, 0.25) is 0 Å². The van der Waals surface area contributed by atoms with Crippen molar-refractivity contribution in [2.24, 2.45) is 32.3 Å². The molecule has 0 aromatic carbocycles. The first-order chi connectivity index (χ1) is 9.61. The highest BCUT2D eigenvalue weighted by Gasteiger charge is 2.05. The van der Waals surface area contributed by atoms with E-state index in [0.29, 0.717) is 11.8 Å². The molecule has 2 heterocycles. The van der Waals surface area contributed by atoms with Gasteiger partial charge in [-0.2, -0.15) is 20.4 Å². The summed E-state index contributed by atoms with van der Waals surface area (Å²) in [6.07, 6.45) is 4.65. The van der Waals surface area contributed by atoms with E-state index in [1.54, 1.807) is 0 Å². The van der Waals surface area contributed by atoms with E-state index in [4.69, 9.17) is 0 Å². The lowest BCUT2D eigenvalue weighted by molar-refractivity contribution is 0.754. The van der Waals surface area contributed by atoms with E-state index in [2.05, 4.69) is 48.1 Å². The van der Waals surface area contributed by atoms with Gasteiger partial charge < -0.3 is 0 Å². The predicted octanol–water partition coefficient (Wildman–Crippen LogP) is 5.52. The van der Waals surface area contributed by atoms with E-state index in [9.17, 15) is 0 Å². The molecule has 0 aromatic heterocycles. The SMILES string of the molecule is CC.CC.CC(C)C1=CN=NC1.CC(C)C1=NN=CC1. The van der Waals surface area contributed by atoms with Crippen LogP contribution in [0, 0.1) is 11.8 Å². The van der Waals surface area contributed by atoms with Crippen molar-refractivity contribution < 1.29 is 0 Å². The fourth-order valence-corrected chi connectivity index (χ4v) is 1.25. The van der Waals surface area contributed by atoms with Gasteiger partial charge in [0.2, 0.25) is 0 Å². The van der Waals surface area contributed by atoms with Crippen molar-refractivity contribution in [3.63, 3.8) is 0 Å². The molecule has 0 fully saturated rings.